The number of hydrogen-bond donors (Lipinski definition) is 2. The molecule has 1 atom stereocenters. The third-order valence-electron chi connectivity index (χ3n) is 3.42. The van der Waals surface area contributed by atoms with Crippen LogP contribution in [0.4, 0.5) is 5.82 Å². The van der Waals surface area contributed by atoms with E-state index in [1.165, 1.54) is 0 Å². The van der Waals surface area contributed by atoms with Crippen molar-refractivity contribution in [1.82, 2.24) is 10.2 Å². The van der Waals surface area contributed by atoms with E-state index in [1.54, 1.807) is 6.20 Å². The summed E-state index contributed by atoms with van der Waals surface area (Å²) in [5, 5.41) is 10.1. The number of anilines is 1. The second kappa shape index (κ2) is 5.41. The predicted molar refractivity (Wildman–Crippen MR) is 80.9 cm³/mol. The third kappa shape index (κ3) is 2.74. The maximum atomic E-state index is 11.8. The second-order valence-electron chi connectivity index (χ2n) is 5.36. The first-order chi connectivity index (χ1) is 10.0. The molecule has 1 amide bonds. The van der Waals surface area contributed by atoms with Gasteiger partial charge in [-0.05, 0) is 31.5 Å². The molecule has 1 aliphatic rings. The fourth-order valence-corrected chi connectivity index (χ4v) is 2.76. The number of ether oxygens (including phenoxy) is 1. The van der Waals surface area contributed by atoms with Crippen molar-refractivity contribution in [1.29, 1.82) is 0 Å². The number of H-pyrrole nitrogens is 1. The summed E-state index contributed by atoms with van der Waals surface area (Å²) in [5.41, 5.74) is 1.96. The molecule has 6 heteroatoms. The van der Waals surface area contributed by atoms with E-state index in [-0.39, 0.29) is 17.9 Å². The molecule has 3 rings (SSSR count). The molecule has 1 aromatic heterocycles. The SMILES string of the molecule is CC(C)Oc1ccc(C2CC(=O)Nc3[nH]ncc32)cc1Cl. The van der Waals surface area contributed by atoms with Crippen LogP contribution in [0.1, 0.15) is 37.3 Å². The fraction of sp³-hybridized carbons (Fsp3) is 0.333. The highest BCUT2D eigenvalue weighted by Gasteiger charge is 2.28. The zero-order valence-electron chi connectivity index (χ0n) is 11.8. The minimum Gasteiger partial charge on any atom is -0.489 e. The molecule has 1 aromatic carbocycles. The lowest BCUT2D eigenvalue weighted by atomic mass is 9.87. The number of aromatic amines is 1. The highest BCUT2D eigenvalue weighted by Crippen LogP contribution is 2.38. The molecule has 0 bridgehead atoms. The number of carbonyl (C=O) groups excluding carboxylic acids is 1. The molecule has 2 heterocycles. The normalized spacial score (nSPS) is 17.5. The maximum absolute atomic E-state index is 11.8. The number of hydrogen-bond acceptors (Lipinski definition) is 3. The maximum Gasteiger partial charge on any atom is 0.226 e. The zero-order valence-corrected chi connectivity index (χ0v) is 12.6. The first-order valence-electron chi connectivity index (χ1n) is 6.84. The van der Waals surface area contributed by atoms with E-state index >= 15 is 0 Å². The Morgan fingerprint density at radius 3 is 2.95 bits per heavy atom. The number of halogens is 1. The zero-order chi connectivity index (χ0) is 15.0. The topological polar surface area (TPSA) is 67.0 Å². The number of aromatic nitrogens is 2. The Morgan fingerprint density at radius 2 is 2.24 bits per heavy atom. The molecule has 1 aliphatic heterocycles. The van der Waals surface area contributed by atoms with E-state index in [0.717, 1.165) is 11.1 Å². The highest BCUT2D eigenvalue weighted by molar-refractivity contribution is 6.32. The number of fused-ring (bicyclic) bond motifs is 1. The molecule has 5 nitrogen and oxygen atoms in total. The molecular formula is C15H16ClN3O2. The van der Waals surface area contributed by atoms with Crippen LogP contribution in [0, 0.1) is 0 Å². The van der Waals surface area contributed by atoms with Gasteiger partial charge in [-0.25, -0.2) is 0 Å². The molecule has 2 aromatic rings. The van der Waals surface area contributed by atoms with Crippen molar-refractivity contribution in [2.24, 2.45) is 0 Å². The largest absolute Gasteiger partial charge is 0.489 e. The summed E-state index contributed by atoms with van der Waals surface area (Å²) in [6.45, 7) is 3.90. The molecule has 21 heavy (non-hydrogen) atoms. The molecular weight excluding hydrogens is 290 g/mol. The molecule has 0 saturated carbocycles. The fourth-order valence-electron chi connectivity index (χ4n) is 2.53. The molecule has 0 fully saturated rings. The van der Waals surface area contributed by atoms with Crippen LogP contribution in [0.2, 0.25) is 5.02 Å². The van der Waals surface area contributed by atoms with Crippen molar-refractivity contribution >= 4 is 23.3 Å². The predicted octanol–water partition coefficient (Wildman–Crippen LogP) is 3.32. The summed E-state index contributed by atoms with van der Waals surface area (Å²) in [5.74, 6) is 1.24. The van der Waals surface area contributed by atoms with Gasteiger partial charge in [0.1, 0.15) is 11.6 Å². The minimum absolute atomic E-state index is 0.0321. The summed E-state index contributed by atoms with van der Waals surface area (Å²) in [7, 11) is 0. The lowest BCUT2D eigenvalue weighted by Crippen LogP contribution is -2.23. The smallest absolute Gasteiger partial charge is 0.226 e. The molecule has 0 spiro atoms. The number of rotatable bonds is 3. The summed E-state index contributed by atoms with van der Waals surface area (Å²) >= 11 is 6.28. The van der Waals surface area contributed by atoms with Gasteiger partial charge >= 0.3 is 0 Å². The van der Waals surface area contributed by atoms with Gasteiger partial charge in [-0.2, -0.15) is 5.10 Å². The second-order valence-corrected chi connectivity index (χ2v) is 5.77. The van der Waals surface area contributed by atoms with Gasteiger partial charge < -0.3 is 10.1 Å². The van der Waals surface area contributed by atoms with E-state index in [1.807, 2.05) is 32.0 Å². The van der Waals surface area contributed by atoms with Gasteiger partial charge in [-0.1, -0.05) is 17.7 Å². The monoisotopic (exact) mass is 305 g/mol. The van der Waals surface area contributed by atoms with E-state index in [2.05, 4.69) is 15.5 Å². The number of nitrogens with zero attached hydrogens (tertiary/aromatic N) is 1. The van der Waals surface area contributed by atoms with Crippen molar-refractivity contribution < 1.29 is 9.53 Å². The van der Waals surface area contributed by atoms with Crippen LogP contribution >= 0.6 is 11.6 Å². The Hall–Kier alpha value is -2.01. The molecule has 0 saturated heterocycles. The summed E-state index contributed by atoms with van der Waals surface area (Å²) in [6.07, 6.45) is 2.19. The molecule has 0 aliphatic carbocycles. The van der Waals surface area contributed by atoms with Crippen molar-refractivity contribution in [3.05, 3.63) is 40.5 Å². The number of nitrogens with one attached hydrogen (secondary N) is 2. The lowest BCUT2D eigenvalue weighted by Gasteiger charge is -2.23. The van der Waals surface area contributed by atoms with Crippen molar-refractivity contribution in [2.75, 3.05) is 5.32 Å². The van der Waals surface area contributed by atoms with E-state index in [9.17, 15) is 4.79 Å². The van der Waals surface area contributed by atoms with Gasteiger partial charge in [0.25, 0.3) is 0 Å². The lowest BCUT2D eigenvalue weighted by molar-refractivity contribution is -0.116. The van der Waals surface area contributed by atoms with Crippen LogP contribution in [-0.2, 0) is 4.79 Å². The van der Waals surface area contributed by atoms with Gasteiger partial charge in [-0.15, -0.1) is 0 Å². The summed E-state index contributed by atoms with van der Waals surface area (Å²) in [4.78, 5) is 11.8. The first kappa shape index (κ1) is 13.9. The Labute approximate surface area is 127 Å². The Bertz CT molecular complexity index is 681. The number of benzene rings is 1. The van der Waals surface area contributed by atoms with Crippen molar-refractivity contribution in [3.63, 3.8) is 0 Å². The average molecular weight is 306 g/mol. The number of carbonyl (C=O) groups is 1. The van der Waals surface area contributed by atoms with Gasteiger partial charge in [-0.3, -0.25) is 9.89 Å². The van der Waals surface area contributed by atoms with E-state index in [4.69, 9.17) is 16.3 Å². The van der Waals surface area contributed by atoms with Gasteiger partial charge in [0.15, 0.2) is 0 Å². The van der Waals surface area contributed by atoms with Crippen molar-refractivity contribution in [2.45, 2.75) is 32.3 Å². The van der Waals surface area contributed by atoms with Gasteiger partial charge in [0.05, 0.1) is 17.3 Å². The van der Waals surface area contributed by atoms with Crippen molar-refractivity contribution in [3.8, 4) is 5.75 Å². The van der Waals surface area contributed by atoms with Gasteiger partial charge in [0.2, 0.25) is 5.91 Å². The average Bonchev–Trinajstić information content (AvgIpc) is 2.87. The van der Waals surface area contributed by atoms with E-state index in [0.29, 0.717) is 23.0 Å². The quantitative estimate of drug-likeness (QED) is 0.914. The standard InChI is InChI=1S/C15H16ClN3O2/c1-8(2)21-13-4-3-9(5-12(13)16)10-6-14(20)18-15-11(10)7-17-19-15/h3-5,7-8,10H,6H2,1-2H3,(H2,17,18,19,20). The van der Waals surface area contributed by atoms with Crippen LogP contribution in [0.3, 0.4) is 0 Å². The minimum atomic E-state index is -0.0434. The van der Waals surface area contributed by atoms with E-state index < -0.39 is 0 Å². The Balaban J connectivity index is 1.95. The third-order valence-corrected chi connectivity index (χ3v) is 3.71. The first-order valence-corrected chi connectivity index (χ1v) is 7.21. The number of amides is 1. The summed E-state index contributed by atoms with van der Waals surface area (Å²) < 4.78 is 5.63. The Kier molecular flexibility index (Phi) is 3.59. The summed E-state index contributed by atoms with van der Waals surface area (Å²) in [6, 6.07) is 5.66. The van der Waals surface area contributed by atoms with Crippen LogP contribution < -0.4 is 10.1 Å². The highest BCUT2D eigenvalue weighted by atomic mass is 35.5. The van der Waals surface area contributed by atoms with Crippen LogP contribution in [0.5, 0.6) is 5.75 Å². The molecule has 0 radical (unpaired) electrons. The molecule has 110 valence electrons. The van der Waals surface area contributed by atoms with Crippen LogP contribution in [-0.4, -0.2) is 22.2 Å². The molecule has 2 N–H and O–H groups in total. The van der Waals surface area contributed by atoms with Gasteiger partial charge in [0, 0.05) is 17.9 Å². The van der Waals surface area contributed by atoms with Crippen LogP contribution in [0.25, 0.3) is 0 Å². The van der Waals surface area contributed by atoms with Crippen LogP contribution in [0.15, 0.2) is 24.4 Å². The Morgan fingerprint density at radius 1 is 1.43 bits per heavy atom. The molecule has 1 unspecified atom stereocenters.